The predicted octanol–water partition coefficient (Wildman–Crippen LogP) is 2.26. The van der Waals surface area contributed by atoms with Crippen molar-refractivity contribution in [1.29, 1.82) is 0 Å². The van der Waals surface area contributed by atoms with Crippen LogP contribution in [0.1, 0.15) is 43.5 Å². The molecular weight excluding hydrogens is 448 g/mol. The zero-order valence-electron chi connectivity index (χ0n) is 19.6. The summed E-state index contributed by atoms with van der Waals surface area (Å²) >= 11 is 0. The van der Waals surface area contributed by atoms with Crippen molar-refractivity contribution in [2.45, 2.75) is 39.8 Å². The van der Waals surface area contributed by atoms with Gasteiger partial charge in [0.25, 0.3) is 5.91 Å². The van der Waals surface area contributed by atoms with Crippen molar-refractivity contribution < 1.29 is 9.59 Å². The molecule has 0 aliphatic heterocycles. The Hall–Kier alpha value is -4.61. The van der Waals surface area contributed by atoms with E-state index in [1.54, 1.807) is 34.8 Å². The normalized spacial score (nSPS) is 11.7. The summed E-state index contributed by atoms with van der Waals surface area (Å²) in [6.07, 6.45) is 2.44. The summed E-state index contributed by atoms with van der Waals surface area (Å²) in [5, 5.41) is 21.5. The van der Waals surface area contributed by atoms with Crippen molar-refractivity contribution in [3.63, 3.8) is 0 Å². The lowest BCUT2D eigenvalue weighted by atomic mass is 10.1. The minimum atomic E-state index is -0.502. The maximum atomic E-state index is 12.9. The second kappa shape index (κ2) is 10.1. The van der Waals surface area contributed by atoms with Gasteiger partial charge in [-0.3, -0.25) is 9.59 Å². The SMILES string of the molecule is CCC(C)Nc1ccc2nnc(CNC(=O)c3nc(-c4ccc(NC(C)=O)cc4)cnc3N)n2n1. The molecule has 0 spiro atoms. The number of nitrogens with one attached hydrogen (secondary N) is 3. The molecule has 4 aromatic rings. The predicted molar refractivity (Wildman–Crippen MR) is 132 cm³/mol. The van der Waals surface area contributed by atoms with E-state index in [-0.39, 0.29) is 30.0 Å². The summed E-state index contributed by atoms with van der Waals surface area (Å²) in [6, 6.07) is 10.9. The van der Waals surface area contributed by atoms with E-state index in [2.05, 4.69) is 55.1 Å². The summed E-state index contributed by atoms with van der Waals surface area (Å²) in [7, 11) is 0. The van der Waals surface area contributed by atoms with Crippen LogP contribution in [0.2, 0.25) is 0 Å². The highest BCUT2D eigenvalue weighted by atomic mass is 16.2. The maximum absolute atomic E-state index is 12.9. The smallest absolute Gasteiger partial charge is 0.274 e. The Morgan fingerprint density at radius 3 is 2.60 bits per heavy atom. The molecule has 0 bridgehead atoms. The molecule has 3 heterocycles. The van der Waals surface area contributed by atoms with E-state index in [4.69, 9.17) is 5.73 Å². The van der Waals surface area contributed by atoms with Crippen LogP contribution < -0.4 is 21.7 Å². The molecule has 0 saturated carbocycles. The number of hydrogen-bond acceptors (Lipinski definition) is 9. The van der Waals surface area contributed by atoms with Gasteiger partial charge in [0.05, 0.1) is 18.4 Å². The highest BCUT2D eigenvalue weighted by molar-refractivity contribution is 5.96. The average Bonchev–Trinajstić information content (AvgIpc) is 3.25. The number of aromatic nitrogens is 6. The van der Waals surface area contributed by atoms with Gasteiger partial charge >= 0.3 is 0 Å². The van der Waals surface area contributed by atoms with Crippen LogP contribution in [0.3, 0.4) is 0 Å². The lowest BCUT2D eigenvalue weighted by molar-refractivity contribution is -0.114. The largest absolute Gasteiger partial charge is 0.382 e. The number of nitrogens with two attached hydrogens (primary N) is 1. The van der Waals surface area contributed by atoms with Crippen molar-refractivity contribution in [3.05, 3.63) is 54.1 Å². The fraction of sp³-hybridized carbons (Fsp3) is 0.261. The summed E-state index contributed by atoms with van der Waals surface area (Å²) in [4.78, 5) is 32.6. The van der Waals surface area contributed by atoms with Gasteiger partial charge in [0.1, 0.15) is 5.82 Å². The highest BCUT2D eigenvalue weighted by Gasteiger charge is 2.17. The van der Waals surface area contributed by atoms with Crippen molar-refractivity contribution in [2.75, 3.05) is 16.4 Å². The minimum Gasteiger partial charge on any atom is -0.382 e. The standard InChI is InChI=1S/C23H26N10O2/c1-4-13(2)27-18-9-10-19-30-31-20(33(19)32-18)12-26-23(35)21-22(24)25-11-17(29-21)15-5-7-16(8-6-15)28-14(3)34/h5-11,13H,4,12H2,1-3H3,(H2,24,25)(H,26,35)(H,27,32)(H,28,34). The Labute approximate surface area is 201 Å². The third-order valence-corrected chi connectivity index (χ3v) is 5.26. The number of fused-ring (bicyclic) bond motifs is 1. The topological polar surface area (TPSA) is 165 Å². The Balaban J connectivity index is 1.50. The zero-order valence-corrected chi connectivity index (χ0v) is 19.6. The second-order valence-corrected chi connectivity index (χ2v) is 7.99. The fourth-order valence-electron chi connectivity index (χ4n) is 3.25. The molecule has 1 atom stereocenters. The average molecular weight is 475 g/mol. The van der Waals surface area contributed by atoms with Crippen LogP contribution in [0.15, 0.2) is 42.6 Å². The number of benzene rings is 1. The van der Waals surface area contributed by atoms with E-state index >= 15 is 0 Å². The number of amides is 2. The Morgan fingerprint density at radius 1 is 1.11 bits per heavy atom. The van der Waals surface area contributed by atoms with Crippen LogP contribution in [0.4, 0.5) is 17.3 Å². The molecule has 3 aromatic heterocycles. The summed E-state index contributed by atoms with van der Waals surface area (Å²) in [5.41, 5.74) is 8.32. The van der Waals surface area contributed by atoms with Crippen molar-refractivity contribution in [3.8, 4) is 11.3 Å². The molecule has 0 aliphatic rings. The number of anilines is 3. The van der Waals surface area contributed by atoms with Crippen LogP contribution >= 0.6 is 0 Å². The van der Waals surface area contributed by atoms with Crippen LogP contribution in [0, 0.1) is 0 Å². The molecule has 0 fully saturated rings. The molecular formula is C23H26N10O2. The summed E-state index contributed by atoms with van der Waals surface area (Å²) < 4.78 is 1.58. The first-order valence-electron chi connectivity index (χ1n) is 11.1. The van der Waals surface area contributed by atoms with E-state index in [9.17, 15) is 9.59 Å². The fourth-order valence-corrected chi connectivity index (χ4v) is 3.25. The molecule has 180 valence electrons. The molecule has 12 nitrogen and oxygen atoms in total. The van der Waals surface area contributed by atoms with Gasteiger partial charge < -0.3 is 21.7 Å². The third kappa shape index (κ3) is 5.49. The van der Waals surface area contributed by atoms with E-state index in [1.165, 1.54) is 13.1 Å². The second-order valence-electron chi connectivity index (χ2n) is 7.99. The van der Waals surface area contributed by atoms with Gasteiger partial charge in [-0.05, 0) is 37.6 Å². The Morgan fingerprint density at radius 2 is 1.89 bits per heavy atom. The number of rotatable bonds is 8. The number of carbonyl (C=O) groups excluding carboxylic acids is 2. The molecule has 1 aromatic carbocycles. The van der Waals surface area contributed by atoms with Crippen molar-refractivity contribution in [2.24, 2.45) is 0 Å². The molecule has 0 radical (unpaired) electrons. The van der Waals surface area contributed by atoms with Crippen LogP contribution in [0.5, 0.6) is 0 Å². The van der Waals surface area contributed by atoms with E-state index in [0.717, 1.165) is 12.0 Å². The maximum Gasteiger partial charge on any atom is 0.274 e. The van der Waals surface area contributed by atoms with Crippen molar-refractivity contribution >= 4 is 34.8 Å². The van der Waals surface area contributed by atoms with E-state index in [1.807, 2.05) is 6.07 Å². The van der Waals surface area contributed by atoms with Gasteiger partial charge in [-0.15, -0.1) is 15.3 Å². The minimum absolute atomic E-state index is 0.00498. The van der Waals surface area contributed by atoms with Crippen LogP contribution in [-0.2, 0) is 11.3 Å². The van der Waals surface area contributed by atoms with Gasteiger partial charge in [-0.1, -0.05) is 19.1 Å². The molecule has 4 rings (SSSR count). The molecule has 2 amide bonds. The monoisotopic (exact) mass is 474 g/mol. The number of nitrogen functional groups attached to an aromatic ring is 1. The van der Waals surface area contributed by atoms with E-state index in [0.29, 0.717) is 28.7 Å². The van der Waals surface area contributed by atoms with Crippen LogP contribution in [-0.4, -0.2) is 47.6 Å². The lowest BCUT2D eigenvalue weighted by Crippen LogP contribution is -2.26. The zero-order chi connectivity index (χ0) is 24.9. The Kier molecular flexibility index (Phi) is 6.81. The Bertz CT molecular complexity index is 1370. The molecule has 12 heteroatoms. The number of carbonyl (C=O) groups is 2. The number of hydrogen-bond donors (Lipinski definition) is 4. The van der Waals surface area contributed by atoms with Gasteiger partial charge in [0.15, 0.2) is 23.0 Å². The van der Waals surface area contributed by atoms with Gasteiger partial charge in [-0.25, -0.2) is 9.97 Å². The molecule has 0 saturated heterocycles. The first-order valence-corrected chi connectivity index (χ1v) is 11.1. The van der Waals surface area contributed by atoms with E-state index < -0.39 is 5.91 Å². The quantitative estimate of drug-likeness (QED) is 0.300. The molecule has 1 unspecified atom stereocenters. The summed E-state index contributed by atoms with van der Waals surface area (Å²) in [6.45, 7) is 5.65. The van der Waals surface area contributed by atoms with Crippen molar-refractivity contribution in [1.82, 2.24) is 35.1 Å². The molecule has 35 heavy (non-hydrogen) atoms. The van der Waals surface area contributed by atoms with Gasteiger partial charge in [0, 0.05) is 24.2 Å². The van der Waals surface area contributed by atoms with Gasteiger partial charge in [-0.2, -0.15) is 4.52 Å². The molecule has 0 aliphatic carbocycles. The first-order chi connectivity index (χ1) is 16.8. The van der Waals surface area contributed by atoms with Crippen LogP contribution in [0.25, 0.3) is 16.9 Å². The lowest BCUT2D eigenvalue weighted by Gasteiger charge is -2.12. The first kappa shape index (κ1) is 23.5. The highest BCUT2D eigenvalue weighted by Crippen LogP contribution is 2.21. The van der Waals surface area contributed by atoms with Gasteiger partial charge in [0.2, 0.25) is 5.91 Å². The molecule has 5 N–H and O–H groups in total. The number of nitrogens with zero attached hydrogens (tertiary/aromatic N) is 6. The summed E-state index contributed by atoms with van der Waals surface area (Å²) in [5.74, 6) is 0.481. The third-order valence-electron chi connectivity index (χ3n) is 5.26.